The van der Waals surface area contributed by atoms with Gasteiger partial charge in [-0.15, -0.1) is 11.3 Å². The molecule has 1 aromatic heterocycles. The van der Waals surface area contributed by atoms with E-state index in [-0.39, 0.29) is 17.6 Å². The van der Waals surface area contributed by atoms with Crippen LogP contribution in [0.25, 0.3) is 10.1 Å². The maximum absolute atomic E-state index is 13.8. The molecule has 1 aliphatic rings. The number of benzene rings is 2. The number of hydrogen-bond acceptors (Lipinski definition) is 4. The van der Waals surface area contributed by atoms with Crippen molar-refractivity contribution >= 4 is 33.2 Å². The van der Waals surface area contributed by atoms with E-state index < -0.39 is 11.4 Å². The Bertz CT molecular complexity index is 1110. The smallest absolute Gasteiger partial charge is 0.222 e. The monoisotopic (exact) mass is 454 g/mol. The highest BCUT2D eigenvalue weighted by atomic mass is 32.1. The fourth-order valence-corrected chi connectivity index (χ4v) is 5.48. The van der Waals surface area contributed by atoms with Crippen molar-refractivity contribution < 1.29 is 18.7 Å². The lowest BCUT2D eigenvalue weighted by molar-refractivity contribution is -0.131. The zero-order valence-corrected chi connectivity index (χ0v) is 19.1. The normalized spacial score (nSPS) is 18.0. The van der Waals surface area contributed by atoms with Crippen molar-refractivity contribution in [2.75, 3.05) is 14.2 Å². The first-order valence-corrected chi connectivity index (χ1v) is 11.5. The van der Waals surface area contributed by atoms with E-state index >= 15 is 0 Å². The Morgan fingerprint density at radius 3 is 2.78 bits per heavy atom. The van der Waals surface area contributed by atoms with E-state index in [0.717, 1.165) is 10.4 Å². The van der Waals surface area contributed by atoms with Crippen molar-refractivity contribution in [1.29, 1.82) is 0 Å². The van der Waals surface area contributed by atoms with Crippen LogP contribution in [0.15, 0.2) is 48.5 Å². The predicted octanol–water partition coefficient (Wildman–Crippen LogP) is 4.68. The molecule has 0 radical (unpaired) electrons. The zero-order valence-electron chi connectivity index (χ0n) is 18.3. The standard InChI is InChI=1S/C25H27FN2O3S/c1-28(16-19-14-18-5-3-4-6-22(18)32-19)24(30)10-12-25(11-9-23(29)27-25)15-17-7-8-20(26)21(13-17)31-2/h3-8,13-14H,9-12,15-16H2,1-2H3,(H,27,29). The molecular formula is C25H27FN2O3S. The number of halogens is 1. The minimum Gasteiger partial charge on any atom is -0.494 e. The summed E-state index contributed by atoms with van der Waals surface area (Å²) in [4.78, 5) is 27.8. The van der Waals surface area contributed by atoms with Crippen LogP contribution in [0, 0.1) is 5.82 Å². The highest BCUT2D eigenvalue weighted by Gasteiger charge is 2.38. The molecule has 1 fully saturated rings. The largest absolute Gasteiger partial charge is 0.494 e. The van der Waals surface area contributed by atoms with Gasteiger partial charge in [0.1, 0.15) is 0 Å². The Morgan fingerprint density at radius 1 is 1.25 bits per heavy atom. The Morgan fingerprint density at radius 2 is 2.06 bits per heavy atom. The van der Waals surface area contributed by atoms with E-state index in [1.54, 1.807) is 28.4 Å². The third-order valence-electron chi connectivity index (χ3n) is 6.11. The molecule has 1 saturated heterocycles. The molecule has 1 unspecified atom stereocenters. The quantitative estimate of drug-likeness (QED) is 0.538. The van der Waals surface area contributed by atoms with Gasteiger partial charge in [0.2, 0.25) is 11.8 Å². The summed E-state index contributed by atoms with van der Waals surface area (Å²) in [6.07, 6.45) is 2.49. The molecule has 4 rings (SSSR count). The maximum atomic E-state index is 13.8. The molecule has 32 heavy (non-hydrogen) atoms. The predicted molar refractivity (Wildman–Crippen MR) is 124 cm³/mol. The molecule has 1 aliphatic heterocycles. The molecule has 3 aromatic rings. The number of carbonyl (C=O) groups excluding carboxylic acids is 2. The molecule has 168 valence electrons. The average molecular weight is 455 g/mol. The molecule has 2 heterocycles. The summed E-state index contributed by atoms with van der Waals surface area (Å²) in [5.41, 5.74) is 0.366. The maximum Gasteiger partial charge on any atom is 0.222 e. The summed E-state index contributed by atoms with van der Waals surface area (Å²) in [6.45, 7) is 0.562. The van der Waals surface area contributed by atoms with Crippen LogP contribution in [-0.2, 0) is 22.6 Å². The number of amides is 2. The van der Waals surface area contributed by atoms with Crippen LogP contribution in [0.4, 0.5) is 4.39 Å². The van der Waals surface area contributed by atoms with E-state index in [9.17, 15) is 14.0 Å². The van der Waals surface area contributed by atoms with Gasteiger partial charge in [0, 0.05) is 35.0 Å². The number of thiophene rings is 1. The Hall–Kier alpha value is -2.93. The molecule has 5 nitrogen and oxygen atoms in total. The lowest BCUT2D eigenvalue weighted by Gasteiger charge is -2.30. The van der Waals surface area contributed by atoms with Crippen molar-refractivity contribution in [3.8, 4) is 5.75 Å². The fourth-order valence-electron chi connectivity index (χ4n) is 4.36. The van der Waals surface area contributed by atoms with Gasteiger partial charge in [-0.3, -0.25) is 9.59 Å². The zero-order chi connectivity index (χ0) is 22.7. The van der Waals surface area contributed by atoms with Gasteiger partial charge < -0.3 is 15.0 Å². The third kappa shape index (κ3) is 4.93. The fraction of sp³-hybridized carbons (Fsp3) is 0.360. The molecule has 2 amide bonds. The minimum atomic E-state index is -0.506. The Kier molecular flexibility index (Phi) is 6.46. The number of carbonyl (C=O) groups is 2. The first-order chi connectivity index (χ1) is 15.4. The van der Waals surface area contributed by atoms with Crippen molar-refractivity contribution in [3.05, 3.63) is 64.8 Å². The molecule has 0 saturated carbocycles. The third-order valence-corrected chi connectivity index (χ3v) is 7.21. The number of nitrogens with one attached hydrogen (secondary N) is 1. The average Bonchev–Trinajstić information content (AvgIpc) is 3.36. The summed E-state index contributed by atoms with van der Waals surface area (Å²) in [6, 6.07) is 15.1. The van der Waals surface area contributed by atoms with Crippen LogP contribution < -0.4 is 10.1 Å². The Labute approximate surface area is 191 Å². The summed E-state index contributed by atoms with van der Waals surface area (Å²) in [5.74, 6) is -0.204. The Balaban J connectivity index is 1.41. The number of fused-ring (bicyclic) bond motifs is 1. The summed E-state index contributed by atoms with van der Waals surface area (Å²) in [7, 11) is 3.25. The number of nitrogens with zero attached hydrogens (tertiary/aromatic N) is 1. The van der Waals surface area contributed by atoms with E-state index in [4.69, 9.17) is 4.74 Å². The van der Waals surface area contributed by atoms with Gasteiger partial charge >= 0.3 is 0 Å². The van der Waals surface area contributed by atoms with Crippen LogP contribution in [-0.4, -0.2) is 36.4 Å². The number of ether oxygens (including phenoxy) is 1. The second kappa shape index (κ2) is 9.28. The topological polar surface area (TPSA) is 58.6 Å². The van der Waals surface area contributed by atoms with Gasteiger partial charge in [0.15, 0.2) is 11.6 Å². The first kappa shape index (κ1) is 22.3. The van der Waals surface area contributed by atoms with Gasteiger partial charge in [-0.05, 0) is 54.5 Å². The van der Waals surface area contributed by atoms with E-state index in [1.165, 1.54) is 23.3 Å². The van der Waals surface area contributed by atoms with Gasteiger partial charge in [0.25, 0.3) is 0 Å². The van der Waals surface area contributed by atoms with Crippen LogP contribution in [0.3, 0.4) is 0 Å². The lowest BCUT2D eigenvalue weighted by Crippen LogP contribution is -2.44. The van der Waals surface area contributed by atoms with Crippen LogP contribution in [0.5, 0.6) is 5.75 Å². The first-order valence-electron chi connectivity index (χ1n) is 10.7. The number of methoxy groups -OCH3 is 1. The van der Waals surface area contributed by atoms with Gasteiger partial charge in [-0.1, -0.05) is 24.3 Å². The SMILES string of the molecule is COc1cc(CC2(CCC(=O)N(C)Cc3cc4ccccc4s3)CCC(=O)N2)ccc1F. The van der Waals surface area contributed by atoms with Crippen molar-refractivity contribution in [2.24, 2.45) is 0 Å². The van der Waals surface area contributed by atoms with Crippen molar-refractivity contribution in [2.45, 2.75) is 44.2 Å². The molecule has 0 aliphatic carbocycles. The minimum absolute atomic E-state index is 0.00911. The van der Waals surface area contributed by atoms with E-state index in [1.807, 2.05) is 19.2 Å². The lowest BCUT2D eigenvalue weighted by atomic mass is 9.84. The van der Waals surface area contributed by atoms with Crippen LogP contribution in [0.2, 0.25) is 0 Å². The van der Waals surface area contributed by atoms with Gasteiger partial charge in [0.05, 0.1) is 13.7 Å². The van der Waals surface area contributed by atoms with Gasteiger partial charge in [-0.25, -0.2) is 4.39 Å². The second-order valence-electron chi connectivity index (χ2n) is 8.47. The van der Waals surface area contributed by atoms with Crippen LogP contribution >= 0.6 is 11.3 Å². The van der Waals surface area contributed by atoms with Gasteiger partial charge in [-0.2, -0.15) is 0 Å². The van der Waals surface area contributed by atoms with Crippen molar-refractivity contribution in [1.82, 2.24) is 10.2 Å². The van der Waals surface area contributed by atoms with Crippen LogP contribution in [0.1, 0.15) is 36.1 Å². The number of rotatable bonds is 8. The second-order valence-corrected chi connectivity index (χ2v) is 9.64. The molecule has 1 atom stereocenters. The summed E-state index contributed by atoms with van der Waals surface area (Å²) >= 11 is 1.70. The molecule has 1 N–H and O–H groups in total. The summed E-state index contributed by atoms with van der Waals surface area (Å²) in [5, 5.41) is 4.28. The highest BCUT2D eigenvalue weighted by Crippen LogP contribution is 2.32. The van der Waals surface area contributed by atoms with E-state index in [2.05, 4.69) is 23.5 Å². The van der Waals surface area contributed by atoms with Crippen molar-refractivity contribution in [3.63, 3.8) is 0 Å². The van der Waals surface area contributed by atoms with E-state index in [0.29, 0.717) is 38.6 Å². The molecule has 0 bridgehead atoms. The highest BCUT2D eigenvalue weighted by molar-refractivity contribution is 7.19. The summed E-state index contributed by atoms with van der Waals surface area (Å²) < 4.78 is 20.1. The molecule has 0 spiro atoms. The number of hydrogen-bond donors (Lipinski definition) is 1. The molecule has 7 heteroatoms. The molecular weight excluding hydrogens is 427 g/mol. The molecule has 2 aromatic carbocycles.